The second kappa shape index (κ2) is 8.14. The molecule has 0 unspecified atom stereocenters. The lowest BCUT2D eigenvalue weighted by Crippen LogP contribution is -2.40. The van der Waals surface area contributed by atoms with E-state index in [0.29, 0.717) is 18.6 Å². The van der Waals surface area contributed by atoms with E-state index < -0.39 is 29.0 Å². The minimum absolute atomic E-state index is 0.155. The Balaban J connectivity index is 2.50. The molecule has 0 saturated heterocycles. The molecule has 1 heterocycles. The summed E-state index contributed by atoms with van der Waals surface area (Å²) in [5, 5.41) is 31.3. The maximum absolute atomic E-state index is 14.4. The van der Waals surface area contributed by atoms with Gasteiger partial charge in [0.2, 0.25) is 0 Å². The molecular weight excluding hydrogens is 363 g/mol. The van der Waals surface area contributed by atoms with Gasteiger partial charge in [0.1, 0.15) is 42.1 Å². The van der Waals surface area contributed by atoms with Crippen molar-refractivity contribution in [3.8, 4) is 0 Å². The average molecular weight is 381 g/mol. The van der Waals surface area contributed by atoms with E-state index in [1.54, 1.807) is 0 Å². The molecule has 0 amide bonds. The Labute approximate surface area is 153 Å². The Hall–Kier alpha value is -2.98. The topological polar surface area (TPSA) is 98.3 Å². The number of rotatable bonds is 8. The fourth-order valence-corrected chi connectivity index (χ4v) is 2.59. The van der Waals surface area contributed by atoms with E-state index in [1.165, 1.54) is 24.3 Å². The molecule has 0 spiro atoms. The number of hydroxylamine groups is 2. The summed E-state index contributed by atoms with van der Waals surface area (Å²) in [7, 11) is 0. The molecule has 2 aromatic rings. The van der Waals surface area contributed by atoms with Crippen LogP contribution in [0.3, 0.4) is 0 Å². The first kappa shape index (κ1) is 20.3. The highest BCUT2D eigenvalue weighted by Crippen LogP contribution is 2.39. The van der Waals surface area contributed by atoms with Crippen molar-refractivity contribution in [3.05, 3.63) is 72.2 Å². The standard InChI is InChI=1S/C17H18F3N5O2/c1-11(16(20)6-25(27)8-21)12(2)17(26,7-24-10-22-9-23-24)14-4-3-13(18)5-15(14)19/h3-6,8-10,12,21,26-27H,1,7H2,2H3/b16-6+,21-8?/t12-,17+/m0/s1. The van der Waals surface area contributed by atoms with Crippen LogP contribution in [0, 0.1) is 23.0 Å². The van der Waals surface area contributed by atoms with Crippen molar-refractivity contribution in [2.75, 3.05) is 0 Å². The number of benzene rings is 1. The summed E-state index contributed by atoms with van der Waals surface area (Å²) in [5.74, 6) is -4.02. The molecule has 0 aliphatic rings. The van der Waals surface area contributed by atoms with Crippen molar-refractivity contribution in [1.82, 2.24) is 19.8 Å². The largest absolute Gasteiger partial charge is 0.382 e. The van der Waals surface area contributed by atoms with Crippen LogP contribution in [0.5, 0.6) is 0 Å². The molecule has 0 aliphatic heterocycles. The second-order valence-corrected chi connectivity index (χ2v) is 5.87. The molecule has 2 atom stereocenters. The van der Waals surface area contributed by atoms with Gasteiger partial charge in [-0.1, -0.05) is 19.6 Å². The number of nitrogens with zero attached hydrogens (tertiary/aromatic N) is 4. The van der Waals surface area contributed by atoms with Gasteiger partial charge >= 0.3 is 0 Å². The van der Waals surface area contributed by atoms with E-state index in [-0.39, 0.29) is 22.7 Å². The van der Waals surface area contributed by atoms with E-state index in [9.17, 15) is 23.5 Å². The first-order valence-corrected chi connectivity index (χ1v) is 7.73. The number of allylic oxidation sites excluding steroid dienone is 1. The lowest BCUT2D eigenvalue weighted by Gasteiger charge is -2.35. The van der Waals surface area contributed by atoms with E-state index >= 15 is 0 Å². The number of aromatic nitrogens is 3. The lowest BCUT2D eigenvalue weighted by atomic mass is 9.77. The first-order chi connectivity index (χ1) is 12.7. The van der Waals surface area contributed by atoms with Gasteiger partial charge in [-0.25, -0.2) is 27.9 Å². The van der Waals surface area contributed by atoms with Crippen molar-refractivity contribution in [1.29, 1.82) is 5.41 Å². The normalized spacial score (nSPS) is 15.1. The van der Waals surface area contributed by atoms with Crippen LogP contribution in [0.25, 0.3) is 0 Å². The third-order valence-corrected chi connectivity index (χ3v) is 4.19. The van der Waals surface area contributed by atoms with E-state index in [0.717, 1.165) is 12.1 Å². The predicted octanol–water partition coefficient (Wildman–Crippen LogP) is 2.75. The molecule has 0 aliphatic carbocycles. The Morgan fingerprint density at radius 2 is 2.19 bits per heavy atom. The Bertz CT molecular complexity index is 856. The summed E-state index contributed by atoms with van der Waals surface area (Å²) in [4.78, 5) is 3.74. The van der Waals surface area contributed by atoms with Crippen LogP contribution in [0.2, 0.25) is 0 Å². The molecule has 3 N–H and O–H groups in total. The second-order valence-electron chi connectivity index (χ2n) is 5.87. The fourth-order valence-electron chi connectivity index (χ4n) is 2.59. The molecule has 27 heavy (non-hydrogen) atoms. The summed E-state index contributed by atoms with van der Waals surface area (Å²) in [6.07, 6.45) is 3.50. The molecule has 0 saturated carbocycles. The predicted molar refractivity (Wildman–Crippen MR) is 90.2 cm³/mol. The van der Waals surface area contributed by atoms with E-state index in [2.05, 4.69) is 16.7 Å². The van der Waals surface area contributed by atoms with Crippen LogP contribution in [0.15, 0.2) is 55.0 Å². The van der Waals surface area contributed by atoms with Crippen LogP contribution in [-0.4, -0.2) is 36.5 Å². The molecular formula is C17H18F3N5O2. The van der Waals surface area contributed by atoms with E-state index in [4.69, 9.17) is 5.41 Å². The third kappa shape index (κ3) is 4.41. The van der Waals surface area contributed by atoms with Crippen molar-refractivity contribution >= 4 is 6.34 Å². The van der Waals surface area contributed by atoms with Crippen LogP contribution in [0.1, 0.15) is 12.5 Å². The molecule has 144 valence electrons. The average Bonchev–Trinajstić information content (AvgIpc) is 3.12. The van der Waals surface area contributed by atoms with E-state index in [1.807, 2.05) is 0 Å². The number of hydrogen-bond donors (Lipinski definition) is 3. The first-order valence-electron chi connectivity index (χ1n) is 7.73. The number of halogens is 3. The van der Waals surface area contributed by atoms with Crippen LogP contribution >= 0.6 is 0 Å². The van der Waals surface area contributed by atoms with Crippen molar-refractivity contribution in [2.24, 2.45) is 5.92 Å². The van der Waals surface area contributed by atoms with Gasteiger partial charge in [0.25, 0.3) is 0 Å². The monoisotopic (exact) mass is 381 g/mol. The minimum Gasteiger partial charge on any atom is -0.382 e. The van der Waals surface area contributed by atoms with Gasteiger partial charge in [-0.2, -0.15) is 5.10 Å². The molecule has 10 heteroatoms. The van der Waals surface area contributed by atoms with Gasteiger partial charge in [-0.05, 0) is 11.6 Å². The Morgan fingerprint density at radius 3 is 2.74 bits per heavy atom. The van der Waals surface area contributed by atoms with Crippen molar-refractivity contribution < 1.29 is 23.5 Å². The van der Waals surface area contributed by atoms with Gasteiger partial charge < -0.3 is 5.11 Å². The molecule has 1 aromatic heterocycles. The van der Waals surface area contributed by atoms with Gasteiger partial charge in [-0.15, -0.1) is 0 Å². The summed E-state index contributed by atoms with van der Waals surface area (Å²) in [5.41, 5.74) is -2.63. The zero-order valence-corrected chi connectivity index (χ0v) is 14.4. The van der Waals surface area contributed by atoms with Crippen LogP contribution in [0.4, 0.5) is 13.2 Å². The number of nitrogens with one attached hydrogen (secondary N) is 1. The zero-order chi connectivity index (χ0) is 20.2. The zero-order valence-electron chi connectivity index (χ0n) is 14.4. The molecule has 1 aromatic carbocycles. The summed E-state index contributed by atoms with van der Waals surface area (Å²) >= 11 is 0. The highest BCUT2D eigenvalue weighted by atomic mass is 19.1. The number of aliphatic hydroxyl groups is 1. The highest BCUT2D eigenvalue weighted by molar-refractivity contribution is 5.51. The van der Waals surface area contributed by atoms with Gasteiger partial charge in [0.15, 0.2) is 0 Å². The fraction of sp³-hybridized carbons (Fsp3) is 0.235. The van der Waals surface area contributed by atoms with Gasteiger partial charge in [0.05, 0.1) is 12.7 Å². The molecule has 0 radical (unpaired) electrons. The molecule has 0 fully saturated rings. The summed E-state index contributed by atoms with van der Waals surface area (Å²) in [6, 6.07) is 2.63. The highest BCUT2D eigenvalue weighted by Gasteiger charge is 2.41. The van der Waals surface area contributed by atoms with Crippen molar-refractivity contribution in [3.63, 3.8) is 0 Å². The minimum atomic E-state index is -2.07. The van der Waals surface area contributed by atoms with Crippen LogP contribution < -0.4 is 0 Å². The lowest BCUT2D eigenvalue weighted by molar-refractivity contribution is -0.0264. The maximum atomic E-state index is 14.4. The summed E-state index contributed by atoms with van der Waals surface area (Å²) < 4.78 is 43.2. The number of hydrogen-bond acceptors (Lipinski definition) is 5. The third-order valence-electron chi connectivity index (χ3n) is 4.19. The SMILES string of the molecule is C=C(/C(F)=C\N(O)C=N)[C@H](C)[C@](O)(Cn1cncn1)c1ccc(F)cc1F. The molecule has 2 rings (SSSR count). The Kier molecular flexibility index (Phi) is 6.13. The van der Waals surface area contributed by atoms with Gasteiger partial charge in [0, 0.05) is 17.5 Å². The molecule has 7 nitrogen and oxygen atoms in total. The van der Waals surface area contributed by atoms with Gasteiger partial charge in [-0.3, -0.25) is 10.6 Å². The van der Waals surface area contributed by atoms with Crippen molar-refractivity contribution in [2.45, 2.75) is 19.1 Å². The smallest absolute Gasteiger partial charge is 0.144 e. The Morgan fingerprint density at radius 1 is 1.48 bits per heavy atom. The quantitative estimate of drug-likeness (QED) is 0.283. The van der Waals surface area contributed by atoms with Crippen LogP contribution in [-0.2, 0) is 12.1 Å². The molecule has 0 bridgehead atoms. The summed E-state index contributed by atoms with van der Waals surface area (Å²) in [6.45, 7) is 4.62. The maximum Gasteiger partial charge on any atom is 0.144 e.